The lowest BCUT2D eigenvalue weighted by atomic mass is 9.95. The lowest BCUT2D eigenvalue weighted by molar-refractivity contribution is -0.177. The van der Waals surface area contributed by atoms with Crippen LogP contribution >= 0.6 is 0 Å². The molecule has 0 unspecified atom stereocenters. The summed E-state index contributed by atoms with van der Waals surface area (Å²) in [6, 6.07) is -1.60. The van der Waals surface area contributed by atoms with Crippen LogP contribution in [0.2, 0.25) is 0 Å². The normalized spacial score (nSPS) is 31.7. The summed E-state index contributed by atoms with van der Waals surface area (Å²) in [5.74, 6) is -4.56. The Morgan fingerprint density at radius 1 is 1.23 bits per heavy atom. The van der Waals surface area contributed by atoms with E-state index in [1.165, 1.54) is 11.8 Å². The van der Waals surface area contributed by atoms with Gasteiger partial charge in [-0.05, 0) is 69.1 Å². The fourth-order valence-electron chi connectivity index (χ4n) is 6.82. The molecule has 5 aliphatic rings. The summed E-state index contributed by atoms with van der Waals surface area (Å²) in [4.78, 5) is 52.9. The molecule has 3 aliphatic carbocycles. The van der Waals surface area contributed by atoms with Gasteiger partial charge in [0.15, 0.2) is 0 Å². The average Bonchev–Trinajstić information content (AvgIpc) is 3.56. The summed E-state index contributed by atoms with van der Waals surface area (Å²) in [6.45, 7) is 5.48. The van der Waals surface area contributed by atoms with Crippen LogP contribution in [-0.2, 0) is 23.9 Å². The van der Waals surface area contributed by atoms with Crippen molar-refractivity contribution in [3.63, 3.8) is 0 Å². The first-order valence-electron chi connectivity index (χ1n) is 14.0. The molecule has 5 fully saturated rings. The summed E-state index contributed by atoms with van der Waals surface area (Å²) < 4.78 is 45.3. The van der Waals surface area contributed by atoms with Crippen LogP contribution in [0, 0.1) is 34.5 Å². The molecule has 3 N–H and O–H groups in total. The smallest absolute Gasteiger partial charge is 0.373 e. The highest BCUT2D eigenvalue weighted by atomic mass is 19.4. The number of carbonyl (C=O) groups excluding carboxylic acids is 4. The van der Waals surface area contributed by atoms with Gasteiger partial charge in [0.2, 0.25) is 17.7 Å². The third kappa shape index (κ3) is 5.27. The first-order chi connectivity index (χ1) is 18.7. The minimum atomic E-state index is -5.20. The van der Waals surface area contributed by atoms with Crippen LogP contribution in [0.5, 0.6) is 0 Å². The first-order valence-corrected chi connectivity index (χ1v) is 14.0. The monoisotopic (exact) mass is 567 g/mol. The summed E-state index contributed by atoms with van der Waals surface area (Å²) in [7, 11) is 0. The van der Waals surface area contributed by atoms with Crippen LogP contribution in [-0.4, -0.2) is 77.1 Å². The maximum Gasteiger partial charge on any atom is 0.471 e. The molecule has 40 heavy (non-hydrogen) atoms. The van der Waals surface area contributed by atoms with Gasteiger partial charge in [-0.1, -0.05) is 13.8 Å². The number of halogens is 3. The van der Waals surface area contributed by atoms with Crippen molar-refractivity contribution in [2.24, 2.45) is 23.2 Å². The molecule has 2 saturated heterocycles. The summed E-state index contributed by atoms with van der Waals surface area (Å²) in [6.07, 6.45) is -1.63. The van der Waals surface area contributed by atoms with Gasteiger partial charge in [0.1, 0.15) is 18.1 Å². The molecule has 5 rings (SSSR count). The fourth-order valence-corrected chi connectivity index (χ4v) is 6.82. The molecule has 10 nitrogen and oxygen atoms in total. The minimum absolute atomic E-state index is 0.0649. The van der Waals surface area contributed by atoms with Crippen LogP contribution in [0.3, 0.4) is 0 Å². The van der Waals surface area contributed by atoms with E-state index in [0.717, 1.165) is 19.3 Å². The number of fused-ring (bicyclic) bond motifs is 1. The largest absolute Gasteiger partial charge is 0.471 e. The van der Waals surface area contributed by atoms with E-state index >= 15 is 0 Å². The van der Waals surface area contributed by atoms with Crippen LogP contribution in [0.4, 0.5) is 13.2 Å². The van der Waals surface area contributed by atoms with E-state index in [1.54, 1.807) is 5.32 Å². The Kier molecular flexibility index (Phi) is 7.08. The van der Waals surface area contributed by atoms with Crippen molar-refractivity contribution in [1.82, 2.24) is 20.9 Å². The summed E-state index contributed by atoms with van der Waals surface area (Å²) in [5.41, 5.74) is -0.469. The second kappa shape index (κ2) is 9.89. The number of nitrogens with one attached hydrogen (secondary N) is 3. The number of ether oxygens (including phenoxy) is 1. The van der Waals surface area contributed by atoms with Crippen LogP contribution < -0.4 is 16.0 Å². The molecule has 0 aromatic rings. The molecule has 7 atom stereocenters. The number of likely N-dealkylation sites (tertiary alicyclic amines) is 1. The van der Waals surface area contributed by atoms with Crippen molar-refractivity contribution in [2.75, 3.05) is 6.54 Å². The zero-order valence-corrected chi connectivity index (χ0v) is 22.8. The zero-order valence-electron chi connectivity index (χ0n) is 22.8. The Labute approximate surface area is 230 Å². The highest BCUT2D eigenvalue weighted by molar-refractivity contribution is 5.95. The summed E-state index contributed by atoms with van der Waals surface area (Å²) in [5, 5.41) is 17.2. The Morgan fingerprint density at radius 2 is 1.90 bits per heavy atom. The van der Waals surface area contributed by atoms with Crippen LogP contribution in [0.25, 0.3) is 0 Å². The Bertz CT molecular complexity index is 1130. The topological polar surface area (TPSA) is 141 Å². The van der Waals surface area contributed by atoms with Gasteiger partial charge in [0, 0.05) is 18.0 Å². The van der Waals surface area contributed by atoms with Gasteiger partial charge in [-0.3, -0.25) is 19.2 Å². The maximum absolute atomic E-state index is 13.8. The lowest BCUT2D eigenvalue weighted by Gasteiger charge is -2.37. The molecule has 2 aliphatic heterocycles. The number of piperidine rings is 1. The SMILES string of the molecule is C[C@@H](OC1CCC1)[C@H](NC(=O)C(F)(F)F)C(=O)N1C[C@H]2[C@@H]([C@H]1C(=O)N[C@H](C#N)C[C@@H]1CC3(CC3)NC1=O)C2(C)C. The zero-order chi connectivity index (χ0) is 29.2. The van der Waals surface area contributed by atoms with E-state index in [2.05, 4.69) is 10.6 Å². The van der Waals surface area contributed by atoms with Gasteiger partial charge in [0.25, 0.3) is 0 Å². The average molecular weight is 568 g/mol. The molecule has 13 heteroatoms. The van der Waals surface area contributed by atoms with Gasteiger partial charge in [-0.2, -0.15) is 18.4 Å². The number of alkyl halides is 3. The molecule has 0 bridgehead atoms. The highest BCUT2D eigenvalue weighted by Gasteiger charge is 2.70. The third-order valence-corrected chi connectivity index (χ3v) is 9.74. The number of amides is 4. The number of nitriles is 1. The van der Waals surface area contributed by atoms with Crippen molar-refractivity contribution < 1.29 is 37.1 Å². The van der Waals surface area contributed by atoms with Crippen molar-refractivity contribution in [3.8, 4) is 6.07 Å². The minimum Gasteiger partial charge on any atom is -0.373 e. The fraction of sp³-hybridized carbons (Fsp3) is 0.815. The van der Waals surface area contributed by atoms with E-state index in [-0.39, 0.29) is 47.8 Å². The van der Waals surface area contributed by atoms with Gasteiger partial charge in [0.05, 0.1) is 18.3 Å². The predicted octanol–water partition coefficient (Wildman–Crippen LogP) is 1.54. The van der Waals surface area contributed by atoms with Crippen molar-refractivity contribution in [3.05, 3.63) is 0 Å². The quantitative estimate of drug-likeness (QED) is 0.386. The van der Waals surface area contributed by atoms with Crippen LogP contribution in [0.15, 0.2) is 0 Å². The van der Waals surface area contributed by atoms with E-state index in [9.17, 15) is 37.6 Å². The number of rotatable bonds is 9. The number of hydrogen-bond donors (Lipinski definition) is 3. The number of carbonyl (C=O) groups is 4. The molecule has 0 aromatic heterocycles. The molecule has 2 heterocycles. The molecular weight excluding hydrogens is 531 g/mol. The molecule has 0 aromatic carbocycles. The summed E-state index contributed by atoms with van der Waals surface area (Å²) >= 11 is 0. The number of nitrogens with zero attached hydrogens (tertiary/aromatic N) is 2. The van der Waals surface area contributed by atoms with Gasteiger partial charge < -0.3 is 25.6 Å². The molecule has 1 spiro atoms. The van der Waals surface area contributed by atoms with E-state index in [1.807, 2.05) is 19.9 Å². The third-order valence-electron chi connectivity index (χ3n) is 9.74. The molecule has 3 saturated carbocycles. The molecule has 0 radical (unpaired) electrons. The van der Waals surface area contributed by atoms with E-state index < -0.39 is 54.0 Å². The molecular formula is C27H36F3N5O5. The first kappa shape index (κ1) is 28.6. The van der Waals surface area contributed by atoms with Crippen LogP contribution in [0.1, 0.15) is 65.7 Å². The second-order valence-corrected chi connectivity index (χ2v) is 12.8. The highest BCUT2D eigenvalue weighted by Crippen LogP contribution is 2.65. The standard InChI is InChI=1S/C27H36F3N5O5/c1-13(40-16-5-4-6-16)19(33-24(39)27(28,29)30)23(38)35-12-17-18(25(17,2)3)20(35)22(37)32-15(11-31)9-14-10-26(7-8-26)34-21(14)36/h13-20H,4-10,12H2,1-3H3,(H,32,37)(H,33,39)(H,34,36)/t13-,14-,15+,17+,18+,19+,20+/m1/s1. The number of hydrogen-bond acceptors (Lipinski definition) is 6. The van der Waals surface area contributed by atoms with E-state index in [4.69, 9.17) is 4.74 Å². The molecule has 220 valence electrons. The Balaban J connectivity index is 1.32. The predicted molar refractivity (Wildman–Crippen MR) is 133 cm³/mol. The van der Waals surface area contributed by atoms with Gasteiger partial charge in [-0.25, -0.2) is 0 Å². The van der Waals surface area contributed by atoms with Crippen molar-refractivity contribution in [2.45, 2.75) is 108 Å². The van der Waals surface area contributed by atoms with Gasteiger partial charge in [-0.15, -0.1) is 0 Å². The Morgan fingerprint density at radius 3 is 2.42 bits per heavy atom. The van der Waals surface area contributed by atoms with Crippen molar-refractivity contribution >= 4 is 23.6 Å². The molecule has 4 amide bonds. The lowest BCUT2D eigenvalue weighted by Crippen LogP contribution is -2.61. The van der Waals surface area contributed by atoms with E-state index in [0.29, 0.717) is 19.3 Å². The Hall–Kier alpha value is -2.88. The maximum atomic E-state index is 13.8. The second-order valence-electron chi connectivity index (χ2n) is 12.8. The van der Waals surface area contributed by atoms with Crippen molar-refractivity contribution in [1.29, 1.82) is 5.26 Å². The van der Waals surface area contributed by atoms with Gasteiger partial charge >= 0.3 is 12.1 Å².